The van der Waals surface area contributed by atoms with Crippen molar-refractivity contribution in [2.24, 2.45) is 5.16 Å². The second-order valence-electron chi connectivity index (χ2n) is 6.69. The molecule has 0 radical (unpaired) electrons. The largest absolute Gasteiger partial charge is 0.411 e. The molecule has 0 bridgehead atoms. The van der Waals surface area contributed by atoms with Gasteiger partial charge in [0, 0.05) is 12.3 Å². The van der Waals surface area contributed by atoms with Crippen LogP contribution in [0.15, 0.2) is 108 Å². The normalized spacial score (nSPS) is 11.8. The molecular formula is C25H21NO. The van der Waals surface area contributed by atoms with Crippen LogP contribution < -0.4 is 0 Å². The molecule has 2 heteroatoms. The fourth-order valence-corrected chi connectivity index (χ4v) is 3.58. The van der Waals surface area contributed by atoms with Gasteiger partial charge < -0.3 is 5.21 Å². The molecule has 2 nitrogen and oxygen atoms in total. The minimum atomic E-state index is 0.129. The van der Waals surface area contributed by atoms with E-state index in [9.17, 15) is 5.21 Å². The van der Waals surface area contributed by atoms with Crippen LogP contribution in [0.5, 0.6) is 0 Å². The van der Waals surface area contributed by atoms with Crippen molar-refractivity contribution in [2.45, 2.75) is 12.3 Å². The summed E-state index contributed by atoms with van der Waals surface area (Å²) < 4.78 is 0. The molecule has 4 aromatic carbocycles. The maximum atomic E-state index is 9.78. The average Bonchev–Trinajstić information content (AvgIpc) is 2.75. The summed E-state index contributed by atoms with van der Waals surface area (Å²) >= 11 is 0. The third kappa shape index (κ3) is 3.75. The van der Waals surface area contributed by atoms with Crippen LogP contribution in [-0.4, -0.2) is 10.9 Å². The zero-order valence-electron chi connectivity index (χ0n) is 15.0. The predicted octanol–water partition coefficient (Wildman–Crippen LogP) is 6.24. The summed E-state index contributed by atoms with van der Waals surface area (Å²) in [6.07, 6.45) is 0.628. The first-order valence-electron chi connectivity index (χ1n) is 9.15. The topological polar surface area (TPSA) is 32.6 Å². The Morgan fingerprint density at radius 2 is 1.22 bits per heavy atom. The molecule has 4 rings (SSSR count). The minimum Gasteiger partial charge on any atom is -0.411 e. The highest BCUT2D eigenvalue weighted by Crippen LogP contribution is 2.30. The lowest BCUT2D eigenvalue weighted by atomic mass is 9.85. The predicted molar refractivity (Wildman–Crippen MR) is 112 cm³/mol. The summed E-state index contributed by atoms with van der Waals surface area (Å²) in [4.78, 5) is 0. The third-order valence-corrected chi connectivity index (χ3v) is 5.00. The fourth-order valence-electron chi connectivity index (χ4n) is 3.58. The molecule has 0 aliphatic heterocycles. The van der Waals surface area contributed by atoms with Crippen molar-refractivity contribution in [1.29, 1.82) is 0 Å². The summed E-state index contributed by atoms with van der Waals surface area (Å²) in [6, 6.07) is 35.2. The van der Waals surface area contributed by atoms with Crippen molar-refractivity contribution in [3.05, 3.63) is 120 Å². The highest BCUT2D eigenvalue weighted by Gasteiger charge is 2.18. The van der Waals surface area contributed by atoms with Crippen LogP contribution >= 0.6 is 0 Å². The number of oxime groups is 1. The van der Waals surface area contributed by atoms with Crippen molar-refractivity contribution < 1.29 is 5.21 Å². The first-order valence-corrected chi connectivity index (χ1v) is 9.15. The van der Waals surface area contributed by atoms with Gasteiger partial charge in [0.25, 0.3) is 0 Å². The van der Waals surface area contributed by atoms with E-state index in [2.05, 4.69) is 78.0 Å². The molecule has 0 unspecified atom stereocenters. The van der Waals surface area contributed by atoms with Crippen LogP contribution in [-0.2, 0) is 0 Å². The standard InChI is InChI=1S/C25H21NO/c27-26-25(23-16-15-19-9-7-8-14-22(19)17-23)18-24(20-10-3-1-4-11-20)21-12-5-2-6-13-21/h1-17,24,27H,18H2/b26-25+. The van der Waals surface area contributed by atoms with Gasteiger partial charge in [-0.25, -0.2) is 0 Å². The van der Waals surface area contributed by atoms with Gasteiger partial charge in [0.15, 0.2) is 0 Å². The van der Waals surface area contributed by atoms with Gasteiger partial charge in [-0.1, -0.05) is 102 Å². The molecule has 0 amide bonds. The van der Waals surface area contributed by atoms with Gasteiger partial charge in [-0.2, -0.15) is 0 Å². The smallest absolute Gasteiger partial charge is 0.0877 e. The van der Waals surface area contributed by atoms with Gasteiger partial charge in [0.1, 0.15) is 0 Å². The molecule has 0 fully saturated rings. The number of hydrogen-bond donors (Lipinski definition) is 1. The van der Waals surface area contributed by atoms with Crippen LogP contribution in [0.4, 0.5) is 0 Å². The highest BCUT2D eigenvalue weighted by atomic mass is 16.4. The molecule has 1 N–H and O–H groups in total. The van der Waals surface area contributed by atoms with E-state index in [1.807, 2.05) is 30.3 Å². The van der Waals surface area contributed by atoms with E-state index in [1.54, 1.807) is 0 Å². The van der Waals surface area contributed by atoms with Crippen molar-refractivity contribution in [3.8, 4) is 0 Å². The van der Waals surface area contributed by atoms with Crippen molar-refractivity contribution in [2.75, 3.05) is 0 Å². The van der Waals surface area contributed by atoms with E-state index >= 15 is 0 Å². The molecule has 0 aliphatic rings. The van der Waals surface area contributed by atoms with Crippen LogP contribution in [0.25, 0.3) is 10.8 Å². The molecule has 0 saturated carbocycles. The molecule has 0 aromatic heterocycles. The van der Waals surface area contributed by atoms with E-state index in [0.717, 1.165) is 10.9 Å². The Morgan fingerprint density at radius 3 is 1.81 bits per heavy atom. The molecule has 4 aromatic rings. The van der Waals surface area contributed by atoms with Crippen molar-refractivity contribution >= 4 is 16.5 Å². The van der Waals surface area contributed by atoms with E-state index in [-0.39, 0.29) is 5.92 Å². The van der Waals surface area contributed by atoms with Crippen molar-refractivity contribution in [1.82, 2.24) is 0 Å². The molecule has 0 aliphatic carbocycles. The number of nitrogens with zero attached hydrogens (tertiary/aromatic N) is 1. The molecule has 0 atom stereocenters. The monoisotopic (exact) mass is 351 g/mol. The average molecular weight is 351 g/mol. The Hall–Kier alpha value is -3.39. The molecule has 0 heterocycles. The van der Waals surface area contributed by atoms with E-state index in [4.69, 9.17) is 0 Å². The summed E-state index contributed by atoms with van der Waals surface area (Å²) in [6.45, 7) is 0. The Bertz CT molecular complexity index is 1020. The second-order valence-corrected chi connectivity index (χ2v) is 6.69. The van der Waals surface area contributed by atoms with Gasteiger partial charge in [-0.05, 0) is 33.5 Å². The number of fused-ring (bicyclic) bond motifs is 1. The zero-order valence-corrected chi connectivity index (χ0v) is 15.0. The third-order valence-electron chi connectivity index (χ3n) is 5.00. The van der Waals surface area contributed by atoms with E-state index in [1.165, 1.54) is 16.5 Å². The number of rotatable bonds is 5. The summed E-state index contributed by atoms with van der Waals surface area (Å²) in [7, 11) is 0. The van der Waals surface area contributed by atoms with Gasteiger partial charge >= 0.3 is 0 Å². The molecule has 0 spiro atoms. The Labute approximate surface area is 159 Å². The summed E-state index contributed by atoms with van der Waals surface area (Å²) in [5.41, 5.74) is 4.07. The van der Waals surface area contributed by atoms with Crippen LogP contribution in [0.2, 0.25) is 0 Å². The molecule has 132 valence electrons. The van der Waals surface area contributed by atoms with Crippen LogP contribution in [0, 0.1) is 0 Å². The quantitative estimate of drug-likeness (QED) is 0.258. The molecule has 27 heavy (non-hydrogen) atoms. The first kappa shape index (κ1) is 17.0. The lowest BCUT2D eigenvalue weighted by Gasteiger charge is -2.19. The van der Waals surface area contributed by atoms with Crippen LogP contribution in [0.3, 0.4) is 0 Å². The van der Waals surface area contributed by atoms with Crippen LogP contribution in [0.1, 0.15) is 29.0 Å². The summed E-state index contributed by atoms with van der Waals surface area (Å²) in [5.74, 6) is 0.129. The van der Waals surface area contributed by atoms with Gasteiger partial charge in [-0.15, -0.1) is 0 Å². The number of benzene rings is 4. The van der Waals surface area contributed by atoms with Gasteiger partial charge in [0.05, 0.1) is 5.71 Å². The second kappa shape index (κ2) is 7.88. The highest BCUT2D eigenvalue weighted by molar-refractivity contribution is 6.03. The molecular weight excluding hydrogens is 330 g/mol. The Balaban J connectivity index is 1.72. The van der Waals surface area contributed by atoms with Crippen molar-refractivity contribution in [3.63, 3.8) is 0 Å². The summed E-state index contributed by atoms with van der Waals surface area (Å²) in [5, 5.41) is 15.8. The zero-order chi connectivity index (χ0) is 18.5. The number of hydrogen-bond acceptors (Lipinski definition) is 2. The van der Waals surface area contributed by atoms with E-state index in [0.29, 0.717) is 12.1 Å². The maximum Gasteiger partial charge on any atom is 0.0877 e. The fraction of sp³-hybridized carbons (Fsp3) is 0.0800. The Morgan fingerprint density at radius 1 is 0.667 bits per heavy atom. The van der Waals surface area contributed by atoms with E-state index < -0.39 is 0 Å². The first-order chi connectivity index (χ1) is 13.3. The minimum absolute atomic E-state index is 0.129. The maximum absolute atomic E-state index is 9.78. The van der Waals surface area contributed by atoms with Gasteiger partial charge in [0.2, 0.25) is 0 Å². The SMILES string of the molecule is O/N=C(\CC(c1ccccc1)c1ccccc1)c1ccc2ccccc2c1. The lowest BCUT2D eigenvalue weighted by Crippen LogP contribution is -2.10. The Kier molecular flexibility index (Phi) is 4.97. The van der Waals surface area contributed by atoms with Gasteiger partial charge in [-0.3, -0.25) is 0 Å². The lowest BCUT2D eigenvalue weighted by molar-refractivity contribution is 0.317. The molecule has 0 saturated heterocycles.